The highest BCUT2D eigenvalue weighted by Crippen LogP contribution is 2.42. The van der Waals surface area contributed by atoms with E-state index in [1.807, 2.05) is 17.5 Å². The number of hydrogen-bond donors (Lipinski definition) is 1. The lowest BCUT2D eigenvalue weighted by molar-refractivity contribution is -0.0674. The first-order chi connectivity index (χ1) is 13.6. The third-order valence-corrected chi connectivity index (χ3v) is 7.76. The zero-order valence-corrected chi connectivity index (χ0v) is 17.2. The number of rotatable bonds is 5. The molecule has 5 rings (SSSR count). The molecule has 2 unspecified atom stereocenters. The fraction of sp³-hybridized carbons (Fsp3) is 0.429. The molecule has 28 heavy (non-hydrogen) atoms. The second-order valence-corrected chi connectivity index (χ2v) is 9.94. The summed E-state index contributed by atoms with van der Waals surface area (Å²) >= 11 is 3.40. The summed E-state index contributed by atoms with van der Waals surface area (Å²) in [5.74, 6) is 0. The third kappa shape index (κ3) is 3.48. The summed E-state index contributed by atoms with van der Waals surface area (Å²) in [7, 11) is 0. The van der Waals surface area contributed by atoms with Crippen LogP contribution in [0.5, 0.6) is 0 Å². The Morgan fingerprint density at radius 2 is 1.82 bits per heavy atom. The van der Waals surface area contributed by atoms with Gasteiger partial charge in [0.05, 0.1) is 17.0 Å². The molecule has 5 heterocycles. The Kier molecular flexibility index (Phi) is 4.71. The number of fused-ring (bicyclic) bond motifs is 2. The Morgan fingerprint density at radius 3 is 2.50 bits per heavy atom. The molecule has 3 aromatic rings. The van der Waals surface area contributed by atoms with Gasteiger partial charge in [0, 0.05) is 29.6 Å². The number of aromatic nitrogens is 2. The van der Waals surface area contributed by atoms with E-state index in [0.717, 1.165) is 30.0 Å². The molecule has 1 N–H and O–H groups in total. The van der Waals surface area contributed by atoms with Crippen molar-refractivity contribution in [2.45, 2.75) is 56.5 Å². The molecule has 2 bridgehead atoms. The van der Waals surface area contributed by atoms with Gasteiger partial charge in [-0.3, -0.25) is 9.69 Å². The zero-order valence-electron chi connectivity index (χ0n) is 15.5. The van der Waals surface area contributed by atoms with Crippen molar-refractivity contribution in [3.8, 4) is 10.6 Å². The van der Waals surface area contributed by atoms with Crippen molar-refractivity contribution in [1.82, 2.24) is 14.7 Å². The van der Waals surface area contributed by atoms with E-state index in [-0.39, 0.29) is 12.1 Å². The SMILES string of the molecule is O=c1ccc(-c2cccs2)nn1CC1(O)CC2CCC(C1)N2Cc1cccs1. The van der Waals surface area contributed by atoms with Crippen LogP contribution in [0.4, 0.5) is 0 Å². The number of aliphatic hydroxyl groups is 1. The Morgan fingerprint density at radius 1 is 1.07 bits per heavy atom. The van der Waals surface area contributed by atoms with Gasteiger partial charge in [-0.05, 0) is 54.6 Å². The monoisotopic (exact) mass is 413 g/mol. The summed E-state index contributed by atoms with van der Waals surface area (Å²) in [6, 6.07) is 12.3. The maximum atomic E-state index is 12.4. The van der Waals surface area contributed by atoms with Gasteiger partial charge in [-0.2, -0.15) is 5.10 Å². The number of piperidine rings is 1. The molecule has 0 aromatic carbocycles. The summed E-state index contributed by atoms with van der Waals surface area (Å²) in [4.78, 5) is 17.4. The molecule has 0 spiro atoms. The molecule has 7 heteroatoms. The van der Waals surface area contributed by atoms with Crippen molar-refractivity contribution in [3.05, 3.63) is 62.4 Å². The summed E-state index contributed by atoms with van der Waals surface area (Å²) < 4.78 is 1.46. The smallest absolute Gasteiger partial charge is 0.266 e. The van der Waals surface area contributed by atoms with Crippen LogP contribution in [-0.2, 0) is 13.1 Å². The van der Waals surface area contributed by atoms with E-state index in [2.05, 4.69) is 27.5 Å². The Balaban J connectivity index is 1.35. The van der Waals surface area contributed by atoms with Crippen LogP contribution >= 0.6 is 22.7 Å². The minimum absolute atomic E-state index is 0.151. The van der Waals surface area contributed by atoms with Gasteiger partial charge in [0.15, 0.2) is 0 Å². The zero-order chi connectivity index (χ0) is 19.1. The van der Waals surface area contributed by atoms with E-state index in [0.29, 0.717) is 24.9 Å². The van der Waals surface area contributed by atoms with Crippen LogP contribution in [0.1, 0.15) is 30.6 Å². The van der Waals surface area contributed by atoms with Crippen molar-refractivity contribution in [2.24, 2.45) is 0 Å². The van der Waals surface area contributed by atoms with Crippen molar-refractivity contribution in [3.63, 3.8) is 0 Å². The molecule has 0 saturated carbocycles. The Labute approximate surface area is 171 Å². The highest BCUT2D eigenvalue weighted by Gasteiger charge is 2.47. The maximum Gasteiger partial charge on any atom is 0.266 e. The topological polar surface area (TPSA) is 58.4 Å². The fourth-order valence-corrected chi connectivity index (χ4v) is 6.18. The molecule has 0 amide bonds. The van der Waals surface area contributed by atoms with Gasteiger partial charge < -0.3 is 5.11 Å². The minimum atomic E-state index is -0.872. The van der Waals surface area contributed by atoms with Gasteiger partial charge in [0.25, 0.3) is 5.56 Å². The maximum absolute atomic E-state index is 12.4. The van der Waals surface area contributed by atoms with Crippen molar-refractivity contribution in [2.75, 3.05) is 0 Å². The van der Waals surface area contributed by atoms with Crippen LogP contribution in [0, 0.1) is 0 Å². The lowest BCUT2D eigenvalue weighted by Gasteiger charge is -2.43. The van der Waals surface area contributed by atoms with Crippen LogP contribution in [0.3, 0.4) is 0 Å². The summed E-state index contributed by atoms with van der Waals surface area (Å²) in [6.45, 7) is 1.24. The molecular formula is C21H23N3O2S2. The molecule has 0 radical (unpaired) electrons. The summed E-state index contributed by atoms with van der Waals surface area (Å²) in [6.07, 6.45) is 3.64. The second-order valence-electron chi connectivity index (χ2n) is 7.96. The largest absolute Gasteiger partial charge is 0.388 e. The third-order valence-electron chi connectivity index (χ3n) is 6.01. The summed E-state index contributed by atoms with van der Waals surface area (Å²) in [5, 5.41) is 20.0. The molecule has 2 fully saturated rings. The molecule has 5 nitrogen and oxygen atoms in total. The molecule has 2 aliphatic heterocycles. The van der Waals surface area contributed by atoms with E-state index in [1.165, 1.54) is 9.56 Å². The molecular weight excluding hydrogens is 390 g/mol. The summed E-state index contributed by atoms with van der Waals surface area (Å²) in [5.41, 5.74) is -0.235. The highest BCUT2D eigenvalue weighted by atomic mass is 32.1. The molecule has 2 atom stereocenters. The van der Waals surface area contributed by atoms with Crippen molar-refractivity contribution >= 4 is 22.7 Å². The molecule has 3 aromatic heterocycles. The van der Waals surface area contributed by atoms with Gasteiger partial charge in [0.2, 0.25) is 0 Å². The average molecular weight is 414 g/mol. The first-order valence-corrected chi connectivity index (χ1v) is 11.5. The molecule has 0 aliphatic carbocycles. The highest BCUT2D eigenvalue weighted by molar-refractivity contribution is 7.13. The van der Waals surface area contributed by atoms with E-state index in [9.17, 15) is 9.90 Å². The van der Waals surface area contributed by atoms with E-state index >= 15 is 0 Å². The number of nitrogens with zero attached hydrogens (tertiary/aromatic N) is 3. The lowest BCUT2D eigenvalue weighted by Crippen LogP contribution is -2.53. The minimum Gasteiger partial charge on any atom is -0.388 e. The van der Waals surface area contributed by atoms with Crippen molar-refractivity contribution < 1.29 is 5.11 Å². The predicted molar refractivity (Wildman–Crippen MR) is 113 cm³/mol. The quantitative estimate of drug-likeness (QED) is 0.694. The Hall–Kier alpha value is -1.80. The fourth-order valence-electron chi connectivity index (χ4n) is 4.78. The van der Waals surface area contributed by atoms with Gasteiger partial charge in [-0.15, -0.1) is 22.7 Å². The van der Waals surface area contributed by atoms with Crippen LogP contribution < -0.4 is 5.56 Å². The van der Waals surface area contributed by atoms with E-state index in [1.54, 1.807) is 34.8 Å². The Bertz CT molecular complexity index is 983. The van der Waals surface area contributed by atoms with Crippen molar-refractivity contribution in [1.29, 1.82) is 0 Å². The van der Waals surface area contributed by atoms with E-state index in [4.69, 9.17) is 0 Å². The first kappa shape index (κ1) is 18.2. The molecule has 2 aliphatic rings. The van der Waals surface area contributed by atoms with Gasteiger partial charge in [-0.25, -0.2) is 4.68 Å². The second kappa shape index (κ2) is 7.22. The standard InChI is InChI=1S/C21H23N3O2S2/c25-20-8-7-18(19-4-2-10-28-19)22-24(20)14-21(26)11-15-5-6-16(12-21)23(15)13-17-3-1-9-27-17/h1-4,7-10,15-16,26H,5-6,11-14H2. The predicted octanol–water partition coefficient (Wildman–Crippen LogP) is 3.59. The number of thiophene rings is 2. The normalized spacial score (nSPS) is 27.3. The van der Waals surface area contributed by atoms with Crippen LogP contribution in [-0.4, -0.2) is 37.5 Å². The van der Waals surface area contributed by atoms with Crippen LogP contribution in [0.2, 0.25) is 0 Å². The molecule has 146 valence electrons. The van der Waals surface area contributed by atoms with Gasteiger partial charge >= 0.3 is 0 Å². The number of hydrogen-bond acceptors (Lipinski definition) is 6. The van der Waals surface area contributed by atoms with E-state index < -0.39 is 5.60 Å². The first-order valence-electron chi connectivity index (χ1n) is 9.72. The van der Waals surface area contributed by atoms with Gasteiger partial charge in [-0.1, -0.05) is 12.1 Å². The van der Waals surface area contributed by atoms with Crippen LogP contribution in [0.25, 0.3) is 10.6 Å². The lowest BCUT2D eigenvalue weighted by atomic mass is 9.86. The van der Waals surface area contributed by atoms with Crippen LogP contribution in [0.15, 0.2) is 52.0 Å². The molecule has 2 saturated heterocycles. The van der Waals surface area contributed by atoms with Gasteiger partial charge in [0.1, 0.15) is 5.69 Å². The average Bonchev–Trinajstić information content (AvgIpc) is 3.41.